The molecule has 0 aliphatic carbocycles. The molecule has 0 N–H and O–H groups in total. The van der Waals surface area contributed by atoms with E-state index in [4.69, 9.17) is 14.2 Å². The van der Waals surface area contributed by atoms with Gasteiger partial charge in [0.2, 0.25) is 0 Å². The zero-order chi connectivity index (χ0) is 19.1. The van der Waals surface area contributed by atoms with Crippen molar-refractivity contribution in [3.05, 3.63) is 53.8 Å². The molecule has 0 bridgehead atoms. The standard InChI is InChI=1S/C22H28FNO3/c1-25-21-8-3-18(15-22(21)26-2)16-24-12-9-17(10-13-24)11-14-27-20-6-4-19(23)5-7-20/h3-8,15,17H,9-14,16H2,1-2H3. The minimum absolute atomic E-state index is 0.232. The second-order valence-corrected chi connectivity index (χ2v) is 7.00. The Bertz CT molecular complexity index is 712. The predicted octanol–water partition coefficient (Wildman–Crippen LogP) is 4.52. The Labute approximate surface area is 160 Å². The molecule has 0 radical (unpaired) electrons. The Morgan fingerprint density at radius 2 is 1.67 bits per heavy atom. The molecule has 27 heavy (non-hydrogen) atoms. The summed E-state index contributed by atoms with van der Waals surface area (Å²) < 4.78 is 29.3. The van der Waals surface area contributed by atoms with Crippen LogP contribution >= 0.6 is 0 Å². The van der Waals surface area contributed by atoms with E-state index >= 15 is 0 Å². The first-order chi connectivity index (χ1) is 13.2. The number of benzene rings is 2. The van der Waals surface area contributed by atoms with E-state index in [9.17, 15) is 4.39 Å². The van der Waals surface area contributed by atoms with Gasteiger partial charge in [-0.3, -0.25) is 4.90 Å². The molecule has 0 amide bonds. The van der Waals surface area contributed by atoms with E-state index in [1.165, 1.54) is 30.5 Å². The van der Waals surface area contributed by atoms with Gasteiger partial charge < -0.3 is 14.2 Å². The van der Waals surface area contributed by atoms with E-state index in [2.05, 4.69) is 17.0 Å². The summed E-state index contributed by atoms with van der Waals surface area (Å²) in [6.07, 6.45) is 3.40. The zero-order valence-corrected chi connectivity index (χ0v) is 16.1. The van der Waals surface area contributed by atoms with Gasteiger partial charge in [0, 0.05) is 6.54 Å². The Kier molecular flexibility index (Phi) is 6.93. The Balaban J connectivity index is 1.40. The third-order valence-corrected chi connectivity index (χ3v) is 5.17. The highest BCUT2D eigenvalue weighted by molar-refractivity contribution is 5.42. The fourth-order valence-electron chi connectivity index (χ4n) is 3.54. The van der Waals surface area contributed by atoms with E-state index in [1.807, 2.05) is 6.07 Å². The zero-order valence-electron chi connectivity index (χ0n) is 16.1. The Morgan fingerprint density at radius 1 is 0.963 bits per heavy atom. The molecular weight excluding hydrogens is 345 g/mol. The maximum absolute atomic E-state index is 12.9. The van der Waals surface area contributed by atoms with Gasteiger partial charge >= 0.3 is 0 Å². The molecule has 4 nitrogen and oxygen atoms in total. The number of ether oxygens (including phenoxy) is 3. The van der Waals surface area contributed by atoms with Gasteiger partial charge in [-0.2, -0.15) is 0 Å². The largest absolute Gasteiger partial charge is 0.494 e. The Hall–Kier alpha value is -2.27. The van der Waals surface area contributed by atoms with Crippen LogP contribution in [0.1, 0.15) is 24.8 Å². The molecule has 5 heteroatoms. The van der Waals surface area contributed by atoms with Crippen LogP contribution in [0.25, 0.3) is 0 Å². The van der Waals surface area contributed by atoms with Crippen molar-refractivity contribution in [3.63, 3.8) is 0 Å². The first-order valence-electron chi connectivity index (χ1n) is 9.49. The SMILES string of the molecule is COc1ccc(CN2CCC(CCOc3ccc(F)cc3)CC2)cc1OC. The Morgan fingerprint density at radius 3 is 2.33 bits per heavy atom. The number of halogens is 1. The van der Waals surface area contributed by atoms with E-state index in [-0.39, 0.29) is 5.82 Å². The monoisotopic (exact) mass is 373 g/mol. The van der Waals surface area contributed by atoms with Gasteiger partial charge in [0.15, 0.2) is 11.5 Å². The highest BCUT2D eigenvalue weighted by atomic mass is 19.1. The number of piperidine rings is 1. The number of rotatable bonds is 8. The van der Waals surface area contributed by atoms with Gasteiger partial charge in [-0.25, -0.2) is 4.39 Å². The van der Waals surface area contributed by atoms with Crippen LogP contribution in [-0.4, -0.2) is 38.8 Å². The summed E-state index contributed by atoms with van der Waals surface area (Å²) in [4.78, 5) is 2.48. The summed E-state index contributed by atoms with van der Waals surface area (Å²) in [5.74, 6) is 2.74. The minimum Gasteiger partial charge on any atom is -0.494 e. The third kappa shape index (κ3) is 5.60. The molecule has 0 saturated carbocycles. The maximum atomic E-state index is 12.9. The average molecular weight is 373 g/mol. The van der Waals surface area contributed by atoms with Crippen molar-refractivity contribution in [2.24, 2.45) is 5.92 Å². The molecule has 0 spiro atoms. The summed E-state index contributed by atoms with van der Waals surface area (Å²) in [5.41, 5.74) is 1.24. The molecule has 3 rings (SSSR count). The van der Waals surface area contributed by atoms with Crippen LogP contribution in [0, 0.1) is 11.7 Å². The summed E-state index contributed by atoms with van der Waals surface area (Å²) in [5, 5.41) is 0. The third-order valence-electron chi connectivity index (χ3n) is 5.17. The van der Waals surface area contributed by atoms with Gasteiger partial charge in [-0.15, -0.1) is 0 Å². The molecule has 1 heterocycles. The van der Waals surface area contributed by atoms with Gasteiger partial charge in [-0.05, 0) is 80.2 Å². The lowest BCUT2D eigenvalue weighted by Gasteiger charge is -2.32. The van der Waals surface area contributed by atoms with Crippen molar-refractivity contribution in [1.82, 2.24) is 4.90 Å². The van der Waals surface area contributed by atoms with Crippen LogP contribution in [0.15, 0.2) is 42.5 Å². The molecule has 1 aliphatic heterocycles. The van der Waals surface area contributed by atoms with Gasteiger partial charge in [0.25, 0.3) is 0 Å². The van der Waals surface area contributed by atoms with Crippen molar-refractivity contribution < 1.29 is 18.6 Å². The number of hydrogen-bond acceptors (Lipinski definition) is 4. The minimum atomic E-state index is -0.232. The summed E-state index contributed by atoms with van der Waals surface area (Å²) in [7, 11) is 3.32. The molecule has 2 aromatic carbocycles. The van der Waals surface area contributed by atoms with Crippen molar-refractivity contribution in [3.8, 4) is 17.2 Å². The van der Waals surface area contributed by atoms with Crippen molar-refractivity contribution >= 4 is 0 Å². The van der Waals surface area contributed by atoms with Crippen molar-refractivity contribution in [2.75, 3.05) is 33.9 Å². The fraction of sp³-hybridized carbons (Fsp3) is 0.455. The molecule has 0 unspecified atom stereocenters. The molecule has 0 atom stereocenters. The number of likely N-dealkylation sites (tertiary alicyclic amines) is 1. The second kappa shape index (κ2) is 9.60. The molecule has 146 valence electrons. The van der Waals surface area contributed by atoms with E-state index in [0.717, 1.165) is 43.3 Å². The van der Waals surface area contributed by atoms with Crippen molar-refractivity contribution in [2.45, 2.75) is 25.8 Å². The first kappa shape index (κ1) is 19.5. The number of nitrogens with zero attached hydrogens (tertiary/aromatic N) is 1. The van der Waals surface area contributed by atoms with Crippen LogP contribution in [-0.2, 0) is 6.54 Å². The van der Waals surface area contributed by atoms with Gasteiger partial charge in [-0.1, -0.05) is 6.07 Å². The predicted molar refractivity (Wildman–Crippen MR) is 104 cm³/mol. The van der Waals surface area contributed by atoms with Crippen LogP contribution in [0.3, 0.4) is 0 Å². The lowest BCUT2D eigenvalue weighted by atomic mass is 9.93. The quantitative estimate of drug-likeness (QED) is 0.681. The highest BCUT2D eigenvalue weighted by Crippen LogP contribution is 2.29. The lowest BCUT2D eigenvalue weighted by molar-refractivity contribution is 0.157. The fourth-order valence-corrected chi connectivity index (χ4v) is 3.54. The molecule has 1 aliphatic rings. The van der Waals surface area contributed by atoms with Crippen LogP contribution < -0.4 is 14.2 Å². The average Bonchev–Trinajstić information content (AvgIpc) is 2.70. The molecule has 1 saturated heterocycles. The van der Waals surface area contributed by atoms with Gasteiger partial charge in [0.05, 0.1) is 20.8 Å². The maximum Gasteiger partial charge on any atom is 0.161 e. The summed E-state index contributed by atoms with van der Waals surface area (Å²) in [6, 6.07) is 12.4. The molecular formula is C22H28FNO3. The molecule has 2 aromatic rings. The second-order valence-electron chi connectivity index (χ2n) is 7.00. The summed E-state index contributed by atoms with van der Waals surface area (Å²) in [6.45, 7) is 3.80. The van der Waals surface area contributed by atoms with Crippen LogP contribution in [0.4, 0.5) is 4.39 Å². The topological polar surface area (TPSA) is 30.9 Å². The normalized spacial score (nSPS) is 15.5. The van der Waals surface area contributed by atoms with E-state index in [1.54, 1.807) is 26.4 Å². The van der Waals surface area contributed by atoms with Crippen LogP contribution in [0.5, 0.6) is 17.2 Å². The van der Waals surface area contributed by atoms with Gasteiger partial charge in [0.1, 0.15) is 11.6 Å². The number of hydrogen-bond donors (Lipinski definition) is 0. The highest BCUT2D eigenvalue weighted by Gasteiger charge is 2.19. The smallest absolute Gasteiger partial charge is 0.161 e. The summed E-state index contributed by atoms with van der Waals surface area (Å²) >= 11 is 0. The van der Waals surface area contributed by atoms with Crippen LogP contribution in [0.2, 0.25) is 0 Å². The molecule has 1 fully saturated rings. The number of methoxy groups -OCH3 is 2. The first-order valence-corrected chi connectivity index (χ1v) is 9.49. The lowest BCUT2D eigenvalue weighted by Crippen LogP contribution is -2.33. The molecule has 0 aromatic heterocycles. The van der Waals surface area contributed by atoms with E-state index < -0.39 is 0 Å². The van der Waals surface area contributed by atoms with Crippen molar-refractivity contribution in [1.29, 1.82) is 0 Å². The van der Waals surface area contributed by atoms with E-state index in [0.29, 0.717) is 12.5 Å².